The zero-order valence-corrected chi connectivity index (χ0v) is 12.8. The number of hydrazone groups is 1. The van der Waals surface area contributed by atoms with Crippen molar-refractivity contribution >= 4 is 22.7 Å². The lowest BCUT2D eigenvalue weighted by atomic mass is 10.1. The van der Waals surface area contributed by atoms with Crippen molar-refractivity contribution in [2.75, 3.05) is 5.43 Å². The fraction of sp³-hybridized carbons (Fsp3) is 0.0588. The van der Waals surface area contributed by atoms with Gasteiger partial charge >= 0.3 is 0 Å². The smallest absolute Gasteiger partial charge is 0.204 e. The first kappa shape index (κ1) is 14.4. The summed E-state index contributed by atoms with van der Waals surface area (Å²) in [5.41, 5.74) is 5.63. The van der Waals surface area contributed by atoms with Gasteiger partial charge in [0.05, 0.1) is 11.9 Å². The predicted molar refractivity (Wildman–Crippen MR) is 89.9 cm³/mol. The Morgan fingerprint density at radius 3 is 2.73 bits per heavy atom. The van der Waals surface area contributed by atoms with Crippen molar-refractivity contribution in [1.82, 2.24) is 4.98 Å². The zero-order valence-electron chi connectivity index (χ0n) is 12.0. The van der Waals surface area contributed by atoms with E-state index < -0.39 is 0 Å². The normalized spacial score (nSPS) is 11.0. The van der Waals surface area contributed by atoms with Gasteiger partial charge in [-0.2, -0.15) is 5.10 Å². The van der Waals surface area contributed by atoms with E-state index in [1.807, 2.05) is 37.3 Å². The van der Waals surface area contributed by atoms with Crippen molar-refractivity contribution in [1.29, 1.82) is 0 Å². The molecule has 0 aliphatic heterocycles. The van der Waals surface area contributed by atoms with Crippen LogP contribution in [-0.4, -0.2) is 11.2 Å². The second-order valence-electron chi connectivity index (χ2n) is 4.71. The minimum absolute atomic E-state index is 0.277. The van der Waals surface area contributed by atoms with Crippen LogP contribution in [-0.2, 0) is 0 Å². The second-order valence-corrected chi connectivity index (χ2v) is 5.92. The summed E-state index contributed by atoms with van der Waals surface area (Å²) in [6, 6.07) is 16.3. The number of hydrogen-bond acceptors (Lipinski definition) is 4. The second kappa shape index (κ2) is 6.49. The topological polar surface area (TPSA) is 37.3 Å². The first-order valence-corrected chi connectivity index (χ1v) is 7.61. The molecule has 0 unspecified atom stereocenters. The first-order valence-electron chi connectivity index (χ1n) is 6.80. The molecule has 110 valence electrons. The number of hydrogen-bond donors (Lipinski definition) is 1. The zero-order chi connectivity index (χ0) is 15.4. The van der Waals surface area contributed by atoms with E-state index in [2.05, 4.69) is 15.5 Å². The molecule has 0 saturated heterocycles. The number of aryl methyl sites for hydroxylation is 1. The molecule has 0 bridgehead atoms. The molecule has 0 aliphatic carbocycles. The average molecular weight is 311 g/mol. The fourth-order valence-corrected chi connectivity index (χ4v) is 2.84. The Balaban J connectivity index is 1.74. The van der Waals surface area contributed by atoms with Crippen molar-refractivity contribution in [2.45, 2.75) is 6.92 Å². The molecule has 3 aromatic rings. The van der Waals surface area contributed by atoms with E-state index in [0.29, 0.717) is 10.7 Å². The summed E-state index contributed by atoms with van der Waals surface area (Å²) in [7, 11) is 0. The largest absolute Gasteiger partial charge is 0.253 e. The molecule has 0 saturated carbocycles. The molecule has 1 N–H and O–H groups in total. The first-order chi connectivity index (χ1) is 10.7. The third-order valence-electron chi connectivity index (χ3n) is 3.07. The number of halogens is 1. The number of aromatic nitrogens is 1. The van der Waals surface area contributed by atoms with Crippen LogP contribution in [0, 0.1) is 12.7 Å². The molecule has 0 radical (unpaired) electrons. The third-order valence-corrected chi connectivity index (χ3v) is 3.94. The number of anilines is 1. The molecule has 1 heterocycles. The van der Waals surface area contributed by atoms with Crippen molar-refractivity contribution in [2.24, 2.45) is 5.10 Å². The van der Waals surface area contributed by atoms with Gasteiger partial charge in [-0.1, -0.05) is 42.5 Å². The highest BCUT2D eigenvalue weighted by Gasteiger charge is 2.08. The Labute approximate surface area is 132 Å². The Morgan fingerprint density at radius 1 is 1.14 bits per heavy atom. The van der Waals surface area contributed by atoms with E-state index in [4.69, 9.17) is 0 Å². The van der Waals surface area contributed by atoms with Crippen LogP contribution in [0.3, 0.4) is 0 Å². The van der Waals surface area contributed by atoms with Crippen molar-refractivity contribution in [3.8, 4) is 11.3 Å². The summed E-state index contributed by atoms with van der Waals surface area (Å²) in [6.45, 7) is 2.03. The molecule has 0 spiro atoms. The molecular formula is C17H14FN3S. The summed E-state index contributed by atoms with van der Waals surface area (Å²) in [5, 5.41) is 4.82. The molecule has 0 atom stereocenters. The minimum Gasteiger partial charge on any atom is -0.253 e. The van der Waals surface area contributed by atoms with Gasteiger partial charge in [-0.05, 0) is 24.6 Å². The van der Waals surface area contributed by atoms with E-state index in [9.17, 15) is 4.39 Å². The summed E-state index contributed by atoms with van der Waals surface area (Å²) in [6.07, 6.45) is 1.57. The quantitative estimate of drug-likeness (QED) is 0.560. The van der Waals surface area contributed by atoms with E-state index in [1.165, 1.54) is 23.5 Å². The predicted octanol–water partition coefficient (Wildman–Crippen LogP) is 4.70. The van der Waals surface area contributed by atoms with Gasteiger partial charge in [-0.15, -0.1) is 11.3 Å². The van der Waals surface area contributed by atoms with Gasteiger partial charge in [0.2, 0.25) is 5.13 Å². The maximum Gasteiger partial charge on any atom is 0.204 e. The molecule has 2 aromatic carbocycles. The van der Waals surface area contributed by atoms with E-state index >= 15 is 0 Å². The highest BCUT2D eigenvalue weighted by Crippen LogP contribution is 2.30. The molecule has 22 heavy (non-hydrogen) atoms. The molecule has 3 rings (SSSR count). The Bertz CT molecular complexity index is 797. The van der Waals surface area contributed by atoms with Crippen LogP contribution >= 0.6 is 11.3 Å². The maximum atomic E-state index is 13.1. The number of nitrogens with zero attached hydrogens (tertiary/aromatic N) is 2. The summed E-state index contributed by atoms with van der Waals surface area (Å²) in [5.74, 6) is -0.277. The number of benzene rings is 2. The van der Waals surface area contributed by atoms with Crippen LogP contribution in [0.1, 0.15) is 10.4 Å². The lowest BCUT2D eigenvalue weighted by Crippen LogP contribution is -1.90. The lowest BCUT2D eigenvalue weighted by Gasteiger charge is -1.97. The monoisotopic (exact) mass is 311 g/mol. The molecule has 1 aromatic heterocycles. The van der Waals surface area contributed by atoms with Crippen molar-refractivity contribution < 1.29 is 4.39 Å². The fourth-order valence-electron chi connectivity index (χ4n) is 2.06. The molecule has 5 heteroatoms. The van der Waals surface area contributed by atoms with Gasteiger partial charge in [0.25, 0.3) is 0 Å². The summed E-state index contributed by atoms with van der Waals surface area (Å²) < 4.78 is 13.1. The molecular weight excluding hydrogens is 297 g/mol. The van der Waals surface area contributed by atoms with Gasteiger partial charge in [0.15, 0.2) is 0 Å². The molecule has 0 aliphatic rings. The van der Waals surface area contributed by atoms with Crippen LogP contribution in [0.15, 0.2) is 59.7 Å². The summed E-state index contributed by atoms with van der Waals surface area (Å²) in [4.78, 5) is 5.67. The van der Waals surface area contributed by atoms with Crippen LogP contribution in [0.2, 0.25) is 0 Å². The van der Waals surface area contributed by atoms with Crippen LogP contribution in [0.25, 0.3) is 11.3 Å². The Kier molecular flexibility index (Phi) is 4.25. The highest BCUT2D eigenvalue weighted by atomic mass is 32.1. The third kappa shape index (κ3) is 3.38. The van der Waals surface area contributed by atoms with Crippen LogP contribution < -0.4 is 5.43 Å². The van der Waals surface area contributed by atoms with Crippen molar-refractivity contribution in [3.63, 3.8) is 0 Å². The van der Waals surface area contributed by atoms with Crippen LogP contribution in [0.5, 0.6) is 0 Å². The van der Waals surface area contributed by atoms with Gasteiger partial charge in [0.1, 0.15) is 5.82 Å². The van der Waals surface area contributed by atoms with Gasteiger partial charge in [-0.25, -0.2) is 9.37 Å². The SMILES string of the molecule is Cc1sc(N/N=C\c2cccc(F)c2)nc1-c1ccccc1. The maximum absolute atomic E-state index is 13.1. The number of rotatable bonds is 4. The summed E-state index contributed by atoms with van der Waals surface area (Å²) >= 11 is 1.54. The van der Waals surface area contributed by atoms with Gasteiger partial charge in [0, 0.05) is 10.4 Å². The molecule has 3 nitrogen and oxygen atoms in total. The van der Waals surface area contributed by atoms with Crippen LogP contribution in [0.4, 0.5) is 9.52 Å². The lowest BCUT2D eigenvalue weighted by molar-refractivity contribution is 0.627. The molecule has 0 fully saturated rings. The minimum atomic E-state index is -0.277. The average Bonchev–Trinajstić information content (AvgIpc) is 2.89. The highest BCUT2D eigenvalue weighted by molar-refractivity contribution is 7.15. The Hall–Kier alpha value is -2.53. The Morgan fingerprint density at radius 2 is 1.95 bits per heavy atom. The van der Waals surface area contributed by atoms with Crippen molar-refractivity contribution in [3.05, 3.63) is 70.9 Å². The van der Waals surface area contributed by atoms with Gasteiger partial charge in [-0.3, -0.25) is 5.43 Å². The standard InChI is InChI=1S/C17H14FN3S/c1-12-16(14-7-3-2-4-8-14)20-17(22-12)21-19-11-13-6-5-9-15(18)10-13/h2-11H,1H3,(H,20,21)/b19-11-. The van der Waals surface area contributed by atoms with E-state index in [-0.39, 0.29) is 5.82 Å². The number of thiazole rings is 1. The van der Waals surface area contributed by atoms with E-state index in [0.717, 1.165) is 16.1 Å². The number of nitrogens with one attached hydrogen (secondary N) is 1. The van der Waals surface area contributed by atoms with Gasteiger partial charge < -0.3 is 0 Å². The molecule has 0 amide bonds. The van der Waals surface area contributed by atoms with E-state index in [1.54, 1.807) is 18.3 Å².